The van der Waals surface area contributed by atoms with Gasteiger partial charge in [-0.05, 0) is 42.0 Å². The molecular weight excluding hydrogens is 338 g/mol. The zero-order valence-electron chi connectivity index (χ0n) is 13.6. The number of rotatable bonds is 6. The third-order valence-corrected chi connectivity index (χ3v) is 5.00. The van der Waals surface area contributed by atoms with Gasteiger partial charge < -0.3 is 4.74 Å². The van der Waals surface area contributed by atoms with Crippen LogP contribution in [0.3, 0.4) is 0 Å². The predicted octanol–water partition coefficient (Wildman–Crippen LogP) is 2.63. The number of hydrogen-bond donors (Lipinski definition) is 1. The monoisotopic (exact) mass is 355 g/mol. The van der Waals surface area contributed by atoms with Gasteiger partial charge in [0.2, 0.25) is 10.0 Å². The number of benzene rings is 1. The van der Waals surface area contributed by atoms with E-state index in [9.17, 15) is 8.42 Å². The van der Waals surface area contributed by atoms with Crippen LogP contribution in [0.1, 0.15) is 5.56 Å². The molecule has 0 atom stereocenters. The zero-order valence-corrected chi connectivity index (χ0v) is 14.4. The molecule has 0 aliphatic carbocycles. The summed E-state index contributed by atoms with van der Waals surface area (Å²) in [7, 11) is -2.14. The smallest absolute Gasteiger partial charge is 0.241 e. The number of hydrogen-bond acceptors (Lipinski definition) is 5. The number of nitrogens with one attached hydrogen (secondary N) is 1. The fourth-order valence-electron chi connectivity index (χ4n) is 2.29. The lowest BCUT2D eigenvalue weighted by molar-refractivity contribution is 0.413. The fourth-order valence-corrected chi connectivity index (χ4v) is 3.34. The lowest BCUT2D eigenvalue weighted by atomic mass is 10.1. The molecule has 128 valence electrons. The molecular formula is C18H17N3O3S. The Hall–Kier alpha value is -2.77. The topological polar surface area (TPSA) is 81.2 Å². The van der Waals surface area contributed by atoms with E-state index >= 15 is 0 Å². The van der Waals surface area contributed by atoms with E-state index < -0.39 is 10.0 Å². The van der Waals surface area contributed by atoms with Gasteiger partial charge in [0.1, 0.15) is 5.75 Å². The van der Waals surface area contributed by atoms with Crippen LogP contribution in [0.25, 0.3) is 11.3 Å². The first-order valence-corrected chi connectivity index (χ1v) is 9.06. The SMILES string of the molecule is COc1cccc(S(=O)(=O)NCc2ccnc(-c3cccnc3)c2)c1. The van der Waals surface area contributed by atoms with Crippen LogP contribution in [0.5, 0.6) is 5.75 Å². The molecule has 0 bridgehead atoms. The highest BCUT2D eigenvalue weighted by Crippen LogP contribution is 2.19. The van der Waals surface area contributed by atoms with Crippen molar-refractivity contribution in [3.63, 3.8) is 0 Å². The largest absolute Gasteiger partial charge is 0.497 e. The predicted molar refractivity (Wildman–Crippen MR) is 94.5 cm³/mol. The van der Waals surface area contributed by atoms with Crippen molar-refractivity contribution in [3.05, 3.63) is 72.7 Å². The van der Waals surface area contributed by atoms with Gasteiger partial charge in [0.05, 0.1) is 17.7 Å². The molecule has 3 aromatic rings. The first kappa shape index (κ1) is 17.1. The van der Waals surface area contributed by atoms with Gasteiger partial charge >= 0.3 is 0 Å². The number of methoxy groups -OCH3 is 1. The van der Waals surface area contributed by atoms with Gasteiger partial charge in [-0.25, -0.2) is 13.1 Å². The lowest BCUT2D eigenvalue weighted by Gasteiger charge is -2.09. The summed E-state index contributed by atoms with van der Waals surface area (Å²) >= 11 is 0. The minimum absolute atomic E-state index is 0.161. The number of pyridine rings is 2. The Kier molecular flexibility index (Phi) is 5.06. The number of sulfonamides is 1. The second-order valence-electron chi connectivity index (χ2n) is 5.29. The van der Waals surface area contributed by atoms with Gasteiger partial charge in [-0.15, -0.1) is 0 Å². The Morgan fingerprint density at radius 2 is 1.96 bits per heavy atom. The van der Waals surface area contributed by atoms with Crippen molar-refractivity contribution < 1.29 is 13.2 Å². The van der Waals surface area contributed by atoms with Gasteiger partial charge in [0.25, 0.3) is 0 Å². The van der Waals surface area contributed by atoms with E-state index in [-0.39, 0.29) is 11.4 Å². The van der Waals surface area contributed by atoms with Crippen LogP contribution < -0.4 is 9.46 Å². The molecule has 0 saturated heterocycles. The number of aromatic nitrogens is 2. The molecule has 1 aromatic carbocycles. The van der Waals surface area contributed by atoms with Crippen molar-refractivity contribution >= 4 is 10.0 Å². The molecule has 0 aliphatic rings. The van der Waals surface area contributed by atoms with Crippen molar-refractivity contribution in [3.8, 4) is 17.0 Å². The molecule has 2 heterocycles. The summed E-state index contributed by atoms with van der Waals surface area (Å²) in [6.45, 7) is 0.162. The van der Waals surface area contributed by atoms with Crippen molar-refractivity contribution in [1.29, 1.82) is 0 Å². The van der Waals surface area contributed by atoms with E-state index in [0.29, 0.717) is 5.75 Å². The van der Waals surface area contributed by atoms with Gasteiger partial charge in [-0.1, -0.05) is 6.07 Å². The van der Waals surface area contributed by atoms with Gasteiger partial charge in [-0.3, -0.25) is 9.97 Å². The highest BCUT2D eigenvalue weighted by molar-refractivity contribution is 7.89. The molecule has 0 spiro atoms. The summed E-state index contributed by atoms with van der Waals surface area (Å²) in [6, 6.07) is 13.7. The maximum absolute atomic E-state index is 12.4. The average Bonchev–Trinajstić information content (AvgIpc) is 2.67. The van der Waals surface area contributed by atoms with E-state index in [1.54, 1.807) is 36.8 Å². The lowest BCUT2D eigenvalue weighted by Crippen LogP contribution is -2.23. The summed E-state index contributed by atoms with van der Waals surface area (Å²) in [5.41, 5.74) is 2.42. The van der Waals surface area contributed by atoms with Crippen LogP contribution >= 0.6 is 0 Å². The van der Waals surface area contributed by atoms with E-state index in [1.165, 1.54) is 19.2 Å². The summed E-state index contributed by atoms with van der Waals surface area (Å²) in [5.74, 6) is 0.491. The Morgan fingerprint density at radius 3 is 2.72 bits per heavy atom. The van der Waals surface area contributed by atoms with E-state index in [1.807, 2.05) is 18.2 Å². The Morgan fingerprint density at radius 1 is 1.08 bits per heavy atom. The molecule has 1 N–H and O–H groups in total. The minimum atomic E-state index is -3.63. The van der Waals surface area contributed by atoms with Crippen LogP contribution in [0.4, 0.5) is 0 Å². The van der Waals surface area contributed by atoms with Crippen LogP contribution in [0.15, 0.2) is 72.0 Å². The second kappa shape index (κ2) is 7.42. The summed E-state index contributed by atoms with van der Waals surface area (Å²) in [6.07, 6.45) is 5.06. The van der Waals surface area contributed by atoms with Crippen molar-refractivity contribution in [2.75, 3.05) is 7.11 Å². The van der Waals surface area contributed by atoms with Crippen LogP contribution in [0, 0.1) is 0 Å². The summed E-state index contributed by atoms with van der Waals surface area (Å²) in [5, 5.41) is 0. The molecule has 3 rings (SSSR count). The highest BCUT2D eigenvalue weighted by Gasteiger charge is 2.14. The Balaban J connectivity index is 1.77. The number of nitrogens with zero attached hydrogens (tertiary/aromatic N) is 2. The van der Waals surface area contributed by atoms with Gasteiger partial charge in [0, 0.05) is 36.8 Å². The van der Waals surface area contributed by atoms with Crippen molar-refractivity contribution in [1.82, 2.24) is 14.7 Å². The third-order valence-electron chi connectivity index (χ3n) is 3.60. The molecule has 25 heavy (non-hydrogen) atoms. The second-order valence-corrected chi connectivity index (χ2v) is 7.06. The first-order valence-electron chi connectivity index (χ1n) is 7.57. The molecule has 0 radical (unpaired) electrons. The van der Waals surface area contributed by atoms with E-state index in [4.69, 9.17) is 4.74 Å². The van der Waals surface area contributed by atoms with E-state index in [2.05, 4.69) is 14.7 Å². The highest BCUT2D eigenvalue weighted by atomic mass is 32.2. The zero-order chi connectivity index (χ0) is 17.7. The Bertz CT molecular complexity index is 960. The average molecular weight is 355 g/mol. The van der Waals surface area contributed by atoms with Crippen LogP contribution in [-0.4, -0.2) is 25.5 Å². The van der Waals surface area contributed by atoms with Crippen molar-refractivity contribution in [2.24, 2.45) is 0 Å². The van der Waals surface area contributed by atoms with Gasteiger partial charge in [0.15, 0.2) is 0 Å². The molecule has 0 aliphatic heterocycles. The first-order chi connectivity index (χ1) is 12.1. The van der Waals surface area contributed by atoms with Crippen molar-refractivity contribution in [2.45, 2.75) is 11.4 Å². The molecule has 0 saturated carbocycles. The summed E-state index contributed by atoms with van der Waals surface area (Å²) in [4.78, 5) is 8.53. The Labute approximate surface area is 146 Å². The molecule has 6 nitrogen and oxygen atoms in total. The maximum atomic E-state index is 12.4. The summed E-state index contributed by atoms with van der Waals surface area (Å²) < 4.78 is 32.5. The molecule has 2 aromatic heterocycles. The van der Waals surface area contributed by atoms with Crippen LogP contribution in [-0.2, 0) is 16.6 Å². The number of ether oxygens (including phenoxy) is 1. The third kappa shape index (κ3) is 4.20. The van der Waals surface area contributed by atoms with Gasteiger partial charge in [-0.2, -0.15) is 0 Å². The van der Waals surface area contributed by atoms with Crippen LogP contribution in [0.2, 0.25) is 0 Å². The quantitative estimate of drug-likeness (QED) is 0.735. The minimum Gasteiger partial charge on any atom is -0.497 e. The molecule has 0 amide bonds. The molecule has 7 heteroatoms. The normalized spacial score (nSPS) is 11.2. The van der Waals surface area contributed by atoms with E-state index in [0.717, 1.165) is 16.8 Å². The molecule has 0 fully saturated rings. The maximum Gasteiger partial charge on any atom is 0.241 e. The standard InChI is InChI=1S/C18H17N3O3S/c1-24-16-5-2-6-17(11-16)25(22,23)21-12-14-7-9-20-18(10-14)15-4-3-8-19-13-15/h2-11,13,21H,12H2,1H3. The fraction of sp³-hybridized carbons (Fsp3) is 0.111. The molecule has 0 unspecified atom stereocenters.